The lowest BCUT2D eigenvalue weighted by atomic mass is 9.81. The van der Waals surface area contributed by atoms with Gasteiger partial charge in [-0.25, -0.2) is 9.59 Å². The molecule has 0 aliphatic heterocycles. The van der Waals surface area contributed by atoms with Crippen LogP contribution in [0.3, 0.4) is 0 Å². The highest BCUT2D eigenvalue weighted by molar-refractivity contribution is 5.85. The zero-order valence-electron chi connectivity index (χ0n) is 17.4. The van der Waals surface area contributed by atoms with Crippen LogP contribution in [-0.2, 0) is 16.1 Å². The lowest BCUT2D eigenvalue weighted by Crippen LogP contribution is -2.47. The van der Waals surface area contributed by atoms with Crippen LogP contribution in [0.25, 0.3) is 10.9 Å². The summed E-state index contributed by atoms with van der Waals surface area (Å²) in [6.45, 7) is 4.03. The van der Waals surface area contributed by atoms with Gasteiger partial charge >= 0.3 is 11.7 Å². The van der Waals surface area contributed by atoms with Gasteiger partial charge in [0.1, 0.15) is 6.04 Å². The van der Waals surface area contributed by atoms with Gasteiger partial charge in [0, 0.05) is 12.5 Å². The third kappa shape index (κ3) is 4.63. The molecule has 3 rings (SSSR count). The first-order valence-electron chi connectivity index (χ1n) is 10.6. The highest BCUT2D eigenvalue weighted by Gasteiger charge is 2.31. The molecular weight excluding hydrogens is 386 g/mol. The van der Waals surface area contributed by atoms with Crippen LogP contribution in [0.15, 0.2) is 33.9 Å². The Kier molecular flexibility index (Phi) is 6.74. The topological polar surface area (TPSA) is 121 Å². The molecule has 30 heavy (non-hydrogen) atoms. The molecule has 8 nitrogen and oxygen atoms in total. The quantitative estimate of drug-likeness (QED) is 0.639. The van der Waals surface area contributed by atoms with Crippen molar-refractivity contribution in [1.29, 1.82) is 0 Å². The number of para-hydroxylation sites is 1. The van der Waals surface area contributed by atoms with Crippen LogP contribution in [0, 0.1) is 17.8 Å². The van der Waals surface area contributed by atoms with E-state index in [-0.39, 0.29) is 29.2 Å². The number of nitrogens with one attached hydrogen (secondary N) is 2. The summed E-state index contributed by atoms with van der Waals surface area (Å²) in [6, 6.07) is 6.05. The molecule has 1 amide bonds. The van der Waals surface area contributed by atoms with Crippen LogP contribution in [-0.4, -0.2) is 32.6 Å². The molecule has 0 bridgehead atoms. The van der Waals surface area contributed by atoms with E-state index >= 15 is 0 Å². The number of carbonyl (C=O) groups is 2. The van der Waals surface area contributed by atoms with E-state index in [0.29, 0.717) is 49.6 Å². The summed E-state index contributed by atoms with van der Waals surface area (Å²) in [7, 11) is 0. The molecule has 1 heterocycles. The summed E-state index contributed by atoms with van der Waals surface area (Å²) >= 11 is 0. The summed E-state index contributed by atoms with van der Waals surface area (Å²) in [5, 5.41) is 12.5. The molecule has 1 aliphatic carbocycles. The van der Waals surface area contributed by atoms with Crippen molar-refractivity contribution in [3.8, 4) is 0 Å². The molecule has 2 atom stereocenters. The van der Waals surface area contributed by atoms with Gasteiger partial charge < -0.3 is 15.4 Å². The minimum Gasteiger partial charge on any atom is -0.480 e. The largest absolute Gasteiger partial charge is 0.480 e. The smallest absolute Gasteiger partial charge is 0.328 e. The molecule has 2 aromatic rings. The van der Waals surface area contributed by atoms with Gasteiger partial charge in [-0.05, 0) is 49.7 Å². The van der Waals surface area contributed by atoms with Gasteiger partial charge in [0.2, 0.25) is 5.91 Å². The van der Waals surface area contributed by atoms with Crippen LogP contribution < -0.4 is 16.6 Å². The van der Waals surface area contributed by atoms with Gasteiger partial charge in [-0.3, -0.25) is 14.2 Å². The summed E-state index contributed by atoms with van der Waals surface area (Å²) in [4.78, 5) is 51.8. The number of amides is 1. The van der Waals surface area contributed by atoms with Gasteiger partial charge in [0.05, 0.1) is 10.9 Å². The summed E-state index contributed by atoms with van der Waals surface area (Å²) in [6.07, 6.45) is 3.31. The summed E-state index contributed by atoms with van der Waals surface area (Å²) in [5.74, 6) is -1.49. The Morgan fingerprint density at radius 1 is 1.20 bits per heavy atom. The van der Waals surface area contributed by atoms with Gasteiger partial charge in [-0.15, -0.1) is 0 Å². The number of hydrogen-bond acceptors (Lipinski definition) is 4. The molecule has 8 heteroatoms. The second-order valence-corrected chi connectivity index (χ2v) is 8.32. The van der Waals surface area contributed by atoms with E-state index < -0.39 is 17.7 Å². The molecule has 1 saturated carbocycles. The van der Waals surface area contributed by atoms with Crippen LogP contribution in [0.5, 0.6) is 0 Å². The Hall–Kier alpha value is -2.90. The van der Waals surface area contributed by atoms with Crippen LogP contribution in [0.4, 0.5) is 0 Å². The zero-order valence-corrected chi connectivity index (χ0v) is 17.4. The number of nitrogens with zero attached hydrogens (tertiary/aromatic N) is 1. The highest BCUT2D eigenvalue weighted by atomic mass is 16.4. The first kappa shape index (κ1) is 21.8. The average molecular weight is 415 g/mol. The predicted octanol–water partition coefficient (Wildman–Crippen LogP) is 2.11. The van der Waals surface area contributed by atoms with Crippen LogP contribution >= 0.6 is 0 Å². The van der Waals surface area contributed by atoms with E-state index in [9.17, 15) is 24.3 Å². The third-order valence-electron chi connectivity index (χ3n) is 6.32. The number of rotatable bonds is 7. The monoisotopic (exact) mass is 415 g/mol. The van der Waals surface area contributed by atoms with E-state index in [1.54, 1.807) is 24.3 Å². The number of benzene rings is 1. The van der Waals surface area contributed by atoms with E-state index in [1.165, 1.54) is 4.57 Å². The first-order chi connectivity index (χ1) is 14.3. The number of hydrogen-bond donors (Lipinski definition) is 3. The summed E-state index contributed by atoms with van der Waals surface area (Å²) in [5.41, 5.74) is -0.193. The maximum absolute atomic E-state index is 12.7. The van der Waals surface area contributed by atoms with Crippen molar-refractivity contribution >= 4 is 22.8 Å². The van der Waals surface area contributed by atoms with E-state index in [1.807, 2.05) is 13.8 Å². The SMILES string of the molecule is CC[C@@H](C)[C@H](NC(=O)C1CCC(Cn2c(=O)[nH]c3ccccc3c2=O)CC1)C(=O)O. The Balaban J connectivity index is 1.63. The molecule has 0 saturated heterocycles. The van der Waals surface area contributed by atoms with Crippen molar-refractivity contribution in [3.63, 3.8) is 0 Å². The number of carbonyl (C=O) groups excluding carboxylic acids is 1. The standard InChI is InChI=1S/C22H29N3O5/c1-3-13(2)18(21(28)29)24-19(26)15-10-8-14(9-11-15)12-25-20(27)16-6-4-5-7-17(16)23-22(25)30/h4-7,13-15,18H,3,8-12H2,1-2H3,(H,23,30)(H,24,26)(H,28,29)/t13-,14?,15?,18+/m1/s1. The Morgan fingerprint density at radius 2 is 1.87 bits per heavy atom. The molecule has 3 N–H and O–H groups in total. The van der Waals surface area contributed by atoms with Gasteiger partial charge in [-0.1, -0.05) is 32.4 Å². The van der Waals surface area contributed by atoms with Crippen molar-refractivity contribution in [1.82, 2.24) is 14.9 Å². The lowest BCUT2D eigenvalue weighted by molar-refractivity contribution is -0.144. The number of H-pyrrole nitrogens is 1. The lowest BCUT2D eigenvalue weighted by Gasteiger charge is -2.29. The Morgan fingerprint density at radius 3 is 2.50 bits per heavy atom. The second kappa shape index (κ2) is 9.28. The molecule has 0 spiro atoms. The highest BCUT2D eigenvalue weighted by Crippen LogP contribution is 2.30. The molecule has 1 aromatic heterocycles. The summed E-state index contributed by atoms with van der Waals surface area (Å²) < 4.78 is 1.25. The minimum absolute atomic E-state index is 0.124. The fraction of sp³-hybridized carbons (Fsp3) is 0.545. The van der Waals surface area contributed by atoms with Crippen molar-refractivity contribution < 1.29 is 14.7 Å². The molecule has 1 fully saturated rings. The van der Waals surface area contributed by atoms with Crippen molar-refractivity contribution in [2.24, 2.45) is 17.8 Å². The van der Waals surface area contributed by atoms with Gasteiger partial charge in [0.15, 0.2) is 0 Å². The van der Waals surface area contributed by atoms with E-state index in [2.05, 4.69) is 10.3 Å². The molecule has 0 radical (unpaired) electrons. The van der Waals surface area contributed by atoms with Crippen LogP contribution in [0.2, 0.25) is 0 Å². The first-order valence-corrected chi connectivity index (χ1v) is 10.6. The van der Waals surface area contributed by atoms with Crippen LogP contribution in [0.1, 0.15) is 46.0 Å². The number of carboxylic acid groups (broad SMARTS) is 1. The molecule has 1 aromatic carbocycles. The maximum Gasteiger partial charge on any atom is 0.328 e. The number of aromatic amines is 1. The van der Waals surface area contributed by atoms with Gasteiger partial charge in [-0.2, -0.15) is 0 Å². The Labute approximate surface area is 174 Å². The normalized spacial score (nSPS) is 21.1. The number of aromatic nitrogens is 2. The molecule has 0 unspecified atom stereocenters. The number of aliphatic carboxylic acids is 1. The second-order valence-electron chi connectivity index (χ2n) is 8.32. The minimum atomic E-state index is -1.01. The van der Waals surface area contributed by atoms with Gasteiger partial charge in [0.25, 0.3) is 5.56 Å². The maximum atomic E-state index is 12.7. The van der Waals surface area contributed by atoms with E-state index in [4.69, 9.17) is 0 Å². The van der Waals surface area contributed by atoms with Crippen molar-refractivity contribution in [2.45, 2.75) is 58.5 Å². The molecular formula is C22H29N3O5. The molecule has 162 valence electrons. The Bertz CT molecular complexity index is 1030. The fourth-order valence-corrected chi connectivity index (χ4v) is 4.18. The molecule has 1 aliphatic rings. The zero-order chi connectivity index (χ0) is 21.8. The predicted molar refractivity (Wildman–Crippen MR) is 113 cm³/mol. The van der Waals surface area contributed by atoms with E-state index in [0.717, 1.165) is 0 Å². The van der Waals surface area contributed by atoms with Crippen molar-refractivity contribution in [2.75, 3.05) is 0 Å². The fourth-order valence-electron chi connectivity index (χ4n) is 4.18. The van der Waals surface area contributed by atoms with Crippen molar-refractivity contribution in [3.05, 3.63) is 45.1 Å². The number of fused-ring (bicyclic) bond motifs is 1. The average Bonchev–Trinajstić information content (AvgIpc) is 2.74. The number of carboxylic acids is 1. The third-order valence-corrected chi connectivity index (χ3v) is 6.32.